The Morgan fingerprint density at radius 2 is 1.53 bits per heavy atom. The summed E-state index contributed by atoms with van der Waals surface area (Å²) in [5.74, 6) is 2.16. The first-order chi connectivity index (χ1) is 15.5. The Labute approximate surface area is 189 Å². The van der Waals surface area contributed by atoms with Crippen molar-refractivity contribution in [1.29, 1.82) is 0 Å². The molecule has 1 saturated heterocycles. The quantitative estimate of drug-likeness (QED) is 0.639. The minimum Gasteiger partial charge on any atom is -0.484 e. The summed E-state index contributed by atoms with van der Waals surface area (Å²) in [6.07, 6.45) is 0. The van der Waals surface area contributed by atoms with Gasteiger partial charge in [0.2, 0.25) is 5.95 Å². The van der Waals surface area contributed by atoms with Crippen LogP contribution < -0.4 is 15.0 Å². The largest absolute Gasteiger partial charge is 0.484 e. The van der Waals surface area contributed by atoms with E-state index in [0.29, 0.717) is 37.9 Å². The number of nitrogens with one attached hydrogen (secondary N) is 1. The maximum Gasteiger partial charge on any atom is 0.260 e. The molecule has 32 heavy (non-hydrogen) atoms. The normalized spacial score (nSPS) is 13.7. The minimum atomic E-state index is -0.00267. The molecule has 3 aromatic rings. The van der Waals surface area contributed by atoms with Gasteiger partial charge in [0.15, 0.2) is 6.61 Å². The Kier molecular flexibility index (Phi) is 6.54. The van der Waals surface area contributed by atoms with Crippen LogP contribution in [0.4, 0.5) is 17.5 Å². The van der Waals surface area contributed by atoms with Crippen LogP contribution in [0.25, 0.3) is 0 Å². The summed E-state index contributed by atoms with van der Waals surface area (Å²) in [4.78, 5) is 25.8. The molecule has 1 fully saturated rings. The molecule has 2 heterocycles. The van der Waals surface area contributed by atoms with E-state index in [1.54, 1.807) is 0 Å². The number of nitrogens with zero attached hydrogens (tertiary/aromatic N) is 4. The Balaban J connectivity index is 1.33. The maximum atomic E-state index is 12.6. The molecule has 2 aromatic carbocycles. The van der Waals surface area contributed by atoms with Crippen molar-refractivity contribution < 1.29 is 9.53 Å². The first kappa shape index (κ1) is 21.6. The molecule has 7 heteroatoms. The highest BCUT2D eigenvalue weighted by molar-refractivity contribution is 5.78. The van der Waals surface area contributed by atoms with Crippen molar-refractivity contribution in [3.05, 3.63) is 71.4 Å². The van der Waals surface area contributed by atoms with E-state index in [1.165, 1.54) is 5.56 Å². The predicted octanol–water partition coefficient (Wildman–Crippen LogP) is 3.87. The van der Waals surface area contributed by atoms with Crippen LogP contribution in [-0.2, 0) is 4.79 Å². The van der Waals surface area contributed by atoms with E-state index in [4.69, 9.17) is 9.72 Å². The predicted molar refractivity (Wildman–Crippen MR) is 127 cm³/mol. The standard InChI is InChI=1S/C25H29N5O2/c1-18-4-8-21(9-5-18)27-23-16-20(3)26-25(28-23)30-14-12-29(13-15-30)24(31)17-32-22-10-6-19(2)7-11-22/h4-11,16H,12-15,17H2,1-3H3,(H,26,27,28). The highest BCUT2D eigenvalue weighted by Gasteiger charge is 2.23. The lowest BCUT2D eigenvalue weighted by atomic mass is 10.2. The van der Waals surface area contributed by atoms with Crippen LogP contribution in [0.2, 0.25) is 0 Å². The van der Waals surface area contributed by atoms with E-state index in [0.717, 1.165) is 22.8 Å². The molecule has 7 nitrogen and oxygen atoms in total. The molecule has 0 radical (unpaired) electrons. The van der Waals surface area contributed by atoms with Gasteiger partial charge in [-0.2, -0.15) is 4.98 Å². The Morgan fingerprint density at radius 1 is 0.906 bits per heavy atom. The van der Waals surface area contributed by atoms with Gasteiger partial charge in [0, 0.05) is 43.6 Å². The molecule has 0 aliphatic carbocycles. The van der Waals surface area contributed by atoms with Gasteiger partial charge < -0.3 is 19.9 Å². The summed E-state index contributed by atoms with van der Waals surface area (Å²) in [6.45, 7) is 8.71. The summed E-state index contributed by atoms with van der Waals surface area (Å²) >= 11 is 0. The molecule has 0 atom stereocenters. The fourth-order valence-electron chi connectivity index (χ4n) is 3.57. The summed E-state index contributed by atoms with van der Waals surface area (Å²) in [7, 11) is 0. The number of rotatable bonds is 6. The van der Waals surface area contributed by atoms with Crippen LogP contribution in [0.1, 0.15) is 16.8 Å². The van der Waals surface area contributed by atoms with Gasteiger partial charge in [-0.05, 0) is 45.0 Å². The zero-order chi connectivity index (χ0) is 22.5. The van der Waals surface area contributed by atoms with Crippen LogP contribution in [0.5, 0.6) is 5.75 Å². The van der Waals surface area contributed by atoms with E-state index in [1.807, 2.05) is 61.2 Å². The molecule has 1 aromatic heterocycles. The second-order valence-corrected chi connectivity index (χ2v) is 8.16. The highest BCUT2D eigenvalue weighted by atomic mass is 16.5. The number of hydrogen-bond donors (Lipinski definition) is 1. The Hall–Kier alpha value is -3.61. The third kappa shape index (κ3) is 5.55. The number of carbonyl (C=O) groups excluding carboxylic acids is 1. The van der Waals surface area contributed by atoms with E-state index in [9.17, 15) is 4.79 Å². The molecule has 166 valence electrons. The lowest BCUT2D eigenvalue weighted by Gasteiger charge is -2.34. The van der Waals surface area contributed by atoms with Crippen LogP contribution >= 0.6 is 0 Å². The van der Waals surface area contributed by atoms with Crippen molar-refractivity contribution in [2.24, 2.45) is 0 Å². The minimum absolute atomic E-state index is 0.00267. The van der Waals surface area contributed by atoms with Crippen molar-refractivity contribution in [1.82, 2.24) is 14.9 Å². The topological polar surface area (TPSA) is 70.6 Å². The number of amides is 1. The van der Waals surface area contributed by atoms with Gasteiger partial charge >= 0.3 is 0 Å². The Bertz CT molecular complexity index is 1060. The average molecular weight is 432 g/mol. The van der Waals surface area contributed by atoms with E-state index in [2.05, 4.69) is 34.3 Å². The first-order valence-corrected chi connectivity index (χ1v) is 10.9. The number of benzene rings is 2. The fourth-order valence-corrected chi connectivity index (χ4v) is 3.57. The van der Waals surface area contributed by atoms with Gasteiger partial charge in [-0.15, -0.1) is 0 Å². The average Bonchev–Trinajstić information content (AvgIpc) is 2.80. The molecular formula is C25H29N5O2. The smallest absolute Gasteiger partial charge is 0.260 e. The van der Waals surface area contributed by atoms with Gasteiger partial charge in [-0.3, -0.25) is 4.79 Å². The van der Waals surface area contributed by atoms with Crippen molar-refractivity contribution in [3.63, 3.8) is 0 Å². The van der Waals surface area contributed by atoms with Gasteiger partial charge in [0.05, 0.1) is 0 Å². The number of ether oxygens (including phenoxy) is 1. The number of hydrogen-bond acceptors (Lipinski definition) is 6. The Morgan fingerprint density at radius 3 is 2.19 bits per heavy atom. The maximum absolute atomic E-state index is 12.6. The molecule has 4 rings (SSSR count). The summed E-state index contributed by atoms with van der Waals surface area (Å²) in [5, 5.41) is 3.36. The van der Waals surface area contributed by atoms with E-state index < -0.39 is 0 Å². The van der Waals surface area contributed by atoms with Gasteiger partial charge in [0.1, 0.15) is 11.6 Å². The van der Waals surface area contributed by atoms with Crippen molar-refractivity contribution in [2.45, 2.75) is 20.8 Å². The molecule has 1 N–H and O–H groups in total. The van der Waals surface area contributed by atoms with Crippen molar-refractivity contribution in [2.75, 3.05) is 43.0 Å². The number of piperazine rings is 1. The second kappa shape index (κ2) is 9.68. The fraction of sp³-hybridized carbons (Fsp3) is 0.320. The van der Waals surface area contributed by atoms with Gasteiger partial charge in [0.25, 0.3) is 5.91 Å². The number of aryl methyl sites for hydroxylation is 3. The summed E-state index contributed by atoms with van der Waals surface area (Å²) in [5.41, 5.74) is 4.26. The van der Waals surface area contributed by atoms with Gasteiger partial charge in [-0.1, -0.05) is 35.4 Å². The highest BCUT2D eigenvalue weighted by Crippen LogP contribution is 2.20. The molecule has 0 unspecified atom stereocenters. The number of aromatic nitrogens is 2. The monoisotopic (exact) mass is 431 g/mol. The first-order valence-electron chi connectivity index (χ1n) is 10.9. The molecule has 0 saturated carbocycles. The molecule has 0 bridgehead atoms. The SMILES string of the molecule is Cc1ccc(Nc2cc(C)nc(N3CCN(C(=O)COc4ccc(C)cc4)CC3)n2)cc1. The molecular weight excluding hydrogens is 402 g/mol. The van der Waals surface area contributed by atoms with Crippen molar-refractivity contribution in [3.8, 4) is 5.75 Å². The zero-order valence-electron chi connectivity index (χ0n) is 18.8. The lowest BCUT2D eigenvalue weighted by Crippen LogP contribution is -2.50. The summed E-state index contributed by atoms with van der Waals surface area (Å²) < 4.78 is 5.65. The summed E-state index contributed by atoms with van der Waals surface area (Å²) in [6, 6.07) is 17.9. The van der Waals surface area contributed by atoms with Crippen molar-refractivity contribution >= 4 is 23.4 Å². The molecule has 0 spiro atoms. The third-order valence-corrected chi connectivity index (χ3v) is 5.46. The van der Waals surface area contributed by atoms with Gasteiger partial charge in [-0.25, -0.2) is 4.98 Å². The van der Waals surface area contributed by atoms with Crippen LogP contribution in [-0.4, -0.2) is 53.6 Å². The third-order valence-electron chi connectivity index (χ3n) is 5.46. The van der Waals surface area contributed by atoms with E-state index >= 15 is 0 Å². The molecule has 1 amide bonds. The molecule has 1 aliphatic heterocycles. The van der Waals surface area contributed by atoms with Crippen LogP contribution in [0.3, 0.4) is 0 Å². The molecule has 1 aliphatic rings. The van der Waals surface area contributed by atoms with Crippen LogP contribution in [0, 0.1) is 20.8 Å². The number of anilines is 3. The second-order valence-electron chi connectivity index (χ2n) is 8.16. The number of carbonyl (C=O) groups is 1. The lowest BCUT2D eigenvalue weighted by molar-refractivity contribution is -0.133. The van der Waals surface area contributed by atoms with Crippen LogP contribution in [0.15, 0.2) is 54.6 Å². The zero-order valence-corrected chi connectivity index (χ0v) is 18.8. The van der Waals surface area contributed by atoms with E-state index in [-0.39, 0.29) is 12.5 Å².